The van der Waals surface area contributed by atoms with Crippen molar-refractivity contribution in [2.45, 2.75) is 39.5 Å². The molecule has 0 aliphatic carbocycles. The molecule has 0 fully saturated rings. The zero-order valence-electron chi connectivity index (χ0n) is 9.13. The third-order valence-electron chi connectivity index (χ3n) is 2.26. The van der Waals surface area contributed by atoms with E-state index in [4.69, 9.17) is 5.73 Å². The average Bonchev–Trinajstić information content (AvgIpc) is 2.07. The first-order valence-electron chi connectivity index (χ1n) is 4.89. The van der Waals surface area contributed by atoms with E-state index < -0.39 is 5.95 Å². The van der Waals surface area contributed by atoms with Gasteiger partial charge in [0.05, 0.1) is 11.4 Å². The first kappa shape index (κ1) is 11.0. The van der Waals surface area contributed by atoms with Crippen molar-refractivity contribution >= 4 is 5.69 Å². The Morgan fingerprint density at radius 2 is 1.79 bits per heavy atom. The highest BCUT2D eigenvalue weighted by atomic mass is 19.1. The van der Waals surface area contributed by atoms with Crippen LogP contribution in [0.3, 0.4) is 0 Å². The quantitative estimate of drug-likeness (QED) is 0.738. The number of halogens is 1. The van der Waals surface area contributed by atoms with Crippen LogP contribution >= 0.6 is 0 Å². The Bertz CT molecular complexity index is 303. The molecule has 1 heterocycles. The molecule has 0 unspecified atom stereocenters. The van der Waals surface area contributed by atoms with E-state index in [1.165, 1.54) is 6.07 Å². The number of hydrogen-bond acceptors (Lipinski definition) is 2. The summed E-state index contributed by atoms with van der Waals surface area (Å²) in [5.74, 6) is -0.0557. The molecule has 3 heteroatoms. The summed E-state index contributed by atoms with van der Waals surface area (Å²) < 4.78 is 13.2. The molecular weight excluding hydrogens is 179 g/mol. The van der Waals surface area contributed by atoms with Gasteiger partial charge in [-0.2, -0.15) is 4.39 Å². The Hall–Kier alpha value is -1.12. The monoisotopic (exact) mass is 196 g/mol. The molecule has 1 aromatic heterocycles. The topological polar surface area (TPSA) is 38.9 Å². The molecule has 0 aliphatic rings. The lowest BCUT2D eigenvalue weighted by atomic mass is 9.97. The summed E-state index contributed by atoms with van der Waals surface area (Å²) in [7, 11) is 0. The molecule has 0 saturated carbocycles. The van der Waals surface area contributed by atoms with Crippen LogP contribution in [0.1, 0.15) is 50.8 Å². The van der Waals surface area contributed by atoms with Crippen LogP contribution in [0.5, 0.6) is 0 Å². The SMILES string of the molecule is CC(C)c1cc(F)nc(C(C)C)c1N. The maximum absolute atomic E-state index is 13.2. The molecule has 1 rings (SSSR count). The molecule has 0 bridgehead atoms. The molecule has 0 amide bonds. The number of aromatic nitrogens is 1. The molecule has 0 aromatic carbocycles. The van der Waals surface area contributed by atoms with Crippen molar-refractivity contribution in [3.63, 3.8) is 0 Å². The van der Waals surface area contributed by atoms with Gasteiger partial charge in [-0.1, -0.05) is 27.7 Å². The van der Waals surface area contributed by atoms with Crippen LogP contribution in [0.15, 0.2) is 6.07 Å². The Balaban J connectivity index is 3.32. The van der Waals surface area contributed by atoms with E-state index in [-0.39, 0.29) is 11.8 Å². The fraction of sp³-hybridized carbons (Fsp3) is 0.545. The van der Waals surface area contributed by atoms with Crippen LogP contribution in [0.25, 0.3) is 0 Å². The molecule has 14 heavy (non-hydrogen) atoms. The van der Waals surface area contributed by atoms with Gasteiger partial charge in [0, 0.05) is 0 Å². The predicted molar refractivity (Wildman–Crippen MR) is 56.8 cm³/mol. The lowest BCUT2D eigenvalue weighted by Crippen LogP contribution is -2.07. The van der Waals surface area contributed by atoms with Crippen LogP contribution in [-0.2, 0) is 0 Å². The standard InChI is InChI=1S/C11H17FN2/c1-6(2)8-5-9(12)14-11(7(3)4)10(8)13/h5-7H,13H2,1-4H3. The van der Waals surface area contributed by atoms with Gasteiger partial charge in [-0.25, -0.2) is 4.98 Å². The van der Waals surface area contributed by atoms with Gasteiger partial charge < -0.3 is 5.73 Å². The first-order chi connectivity index (χ1) is 6.43. The van der Waals surface area contributed by atoms with E-state index >= 15 is 0 Å². The summed E-state index contributed by atoms with van der Waals surface area (Å²) in [4.78, 5) is 3.82. The second kappa shape index (κ2) is 3.95. The molecular formula is C11H17FN2. The van der Waals surface area contributed by atoms with E-state index in [9.17, 15) is 4.39 Å². The van der Waals surface area contributed by atoms with Gasteiger partial charge >= 0.3 is 0 Å². The van der Waals surface area contributed by atoms with Crippen molar-refractivity contribution in [2.75, 3.05) is 5.73 Å². The van der Waals surface area contributed by atoms with E-state index in [2.05, 4.69) is 4.98 Å². The average molecular weight is 196 g/mol. The molecule has 2 N–H and O–H groups in total. The number of anilines is 1. The maximum Gasteiger partial charge on any atom is 0.213 e. The van der Waals surface area contributed by atoms with Gasteiger partial charge in [-0.3, -0.25) is 0 Å². The highest BCUT2D eigenvalue weighted by Crippen LogP contribution is 2.28. The summed E-state index contributed by atoms with van der Waals surface area (Å²) in [6.07, 6.45) is 0. The lowest BCUT2D eigenvalue weighted by Gasteiger charge is -2.15. The summed E-state index contributed by atoms with van der Waals surface area (Å²) in [6.45, 7) is 7.91. The van der Waals surface area contributed by atoms with Crippen LogP contribution in [0.2, 0.25) is 0 Å². The van der Waals surface area contributed by atoms with E-state index in [1.807, 2.05) is 27.7 Å². The summed E-state index contributed by atoms with van der Waals surface area (Å²) >= 11 is 0. The Morgan fingerprint density at radius 3 is 2.21 bits per heavy atom. The van der Waals surface area contributed by atoms with Crippen molar-refractivity contribution in [3.8, 4) is 0 Å². The molecule has 0 radical (unpaired) electrons. The minimum absolute atomic E-state index is 0.156. The molecule has 0 spiro atoms. The highest BCUT2D eigenvalue weighted by Gasteiger charge is 2.14. The molecule has 1 aromatic rings. The van der Waals surface area contributed by atoms with E-state index in [1.54, 1.807) is 0 Å². The van der Waals surface area contributed by atoms with Gasteiger partial charge in [0.2, 0.25) is 5.95 Å². The summed E-state index contributed by atoms with van der Waals surface area (Å²) in [5.41, 5.74) is 8.07. The van der Waals surface area contributed by atoms with Gasteiger partial charge in [-0.05, 0) is 23.5 Å². The number of nitrogens with zero attached hydrogens (tertiary/aromatic N) is 1. The Morgan fingerprint density at radius 1 is 1.21 bits per heavy atom. The van der Waals surface area contributed by atoms with Crippen molar-refractivity contribution in [3.05, 3.63) is 23.3 Å². The number of rotatable bonds is 2. The Labute approximate surface area is 84.3 Å². The predicted octanol–water partition coefficient (Wildman–Crippen LogP) is 3.05. The molecule has 0 atom stereocenters. The summed E-state index contributed by atoms with van der Waals surface area (Å²) in [6, 6.07) is 1.42. The third kappa shape index (κ3) is 2.03. The zero-order valence-corrected chi connectivity index (χ0v) is 9.13. The van der Waals surface area contributed by atoms with Crippen molar-refractivity contribution < 1.29 is 4.39 Å². The Kier molecular flexibility index (Phi) is 3.09. The van der Waals surface area contributed by atoms with Gasteiger partial charge in [0.1, 0.15) is 0 Å². The lowest BCUT2D eigenvalue weighted by molar-refractivity contribution is 0.568. The molecule has 0 aliphatic heterocycles. The number of hydrogen-bond donors (Lipinski definition) is 1. The molecule has 0 saturated heterocycles. The van der Waals surface area contributed by atoms with Gasteiger partial charge in [0.25, 0.3) is 0 Å². The summed E-state index contributed by atoms with van der Waals surface area (Å²) in [5, 5.41) is 0. The number of nitrogen functional groups attached to an aromatic ring is 1. The van der Waals surface area contributed by atoms with Crippen LogP contribution in [0.4, 0.5) is 10.1 Å². The largest absolute Gasteiger partial charge is 0.397 e. The van der Waals surface area contributed by atoms with Crippen molar-refractivity contribution in [2.24, 2.45) is 0 Å². The van der Waals surface area contributed by atoms with E-state index in [0.29, 0.717) is 11.4 Å². The first-order valence-corrected chi connectivity index (χ1v) is 4.89. The highest BCUT2D eigenvalue weighted by molar-refractivity contribution is 5.53. The molecule has 2 nitrogen and oxygen atoms in total. The smallest absolute Gasteiger partial charge is 0.213 e. The maximum atomic E-state index is 13.2. The second-order valence-corrected chi connectivity index (χ2v) is 4.14. The number of pyridine rings is 1. The van der Waals surface area contributed by atoms with Gasteiger partial charge in [0.15, 0.2) is 0 Å². The van der Waals surface area contributed by atoms with Crippen molar-refractivity contribution in [1.82, 2.24) is 4.98 Å². The minimum atomic E-state index is -0.438. The van der Waals surface area contributed by atoms with Gasteiger partial charge in [-0.15, -0.1) is 0 Å². The number of nitrogens with two attached hydrogens (primary N) is 1. The van der Waals surface area contributed by atoms with Crippen LogP contribution < -0.4 is 5.73 Å². The van der Waals surface area contributed by atoms with Crippen LogP contribution in [0, 0.1) is 5.95 Å². The fourth-order valence-corrected chi connectivity index (χ4v) is 1.48. The normalized spacial score (nSPS) is 11.4. The molecule has 78 valence electrons. The third-order valence-corrected chi connectivity index (χ3v) is 2.26. The van der Waals surface area contributed by atoms with Crippen LogP contribution in [-0.4, -0.2) is 4.98 Å². The zero-order chi connectivity index (χ0) is 10.9. The van der Waals surface area contributed by atoms with Crippen molar-refractivity contribution in [1.29, 1.82) is 0 Å². The second-order valence-electron chi connectivity index (χ2n) is 4.14. The van der Waals surface area contributed by atoms with E-state index in [0.717, 1.165) is 5.56 Å². The fourth-order valence-electron chi connectivity index (χ4n) is 1.48. The minimum Gasteiger partial charge on any atom is -0.397 e.